The molecule has 2 heterocycles. The number of benzene rings is 1. The molecule has 0 radical (unpaired) electrons. The Morgan fingerprint density at radius 2 is 1.96 bits per heavy atom. The topological polar surface area (TPSA) is 72.7 Å². The second-order valence-corrected chi connectivity index (χ2v) is 8.60. The van der Waals surface area contributed by atoms with Crippen LogP contribution in [-0.2, 0) is 11.8 Å². The van der Waals surface area contributed by atoms with Gasteiger partial charge in [-0.15, -0.1) is 21.5 Å². The third kappa shape index (κ3) is 3.81. The molecule has 0 saturated heterocycles. The summed E-state index contributed by atoms with van der Waals surface area (Å²) >= 11 is 2.87. The quantitative estimate of drug-likeness (QED) is 0.670. The molecule has 136 valence electrons. The Balaban J connectivity index is 1.72. The fraction of sp³-hybridized carbons (Fsp3) is 0.333. The van der Waals surface area contributed by atoms with Gasteiger partial charge in [0.05, 0.1) is 10.9 Å². The van der Waals surface area contributed by atoms with E-state index in [1.807, 2.05) is 63.6 Å². The van der Waals surface area contributed by atoms with E-state index in [-0.39, 0.29) is 11.2 Å². The average molecular weight is 388 g/mol. The van der Waals surface area contributed by atoms with Crippen LogP contribution >= 0.6 is 23.1 Å². The molecular formula is C18H21N5OS2. The maximum Gasteiger partial charge on any atom is 0.239 e. The standard InChI is InChI=1S/C18H21N5OS2/c1-10-8-6-7-9-14(10)15-21-22-18(23(15)5)26-13(4)16(24)20-17-19-11(2)12(3)25-17/h6-9,13H,1-5H3,(H,19,20,24)/t13-/m1/s1. The Labute approximate surface area is 161 Å². The lowest BCUT2D eigenvalue weighted by Gasteiger charge is -2.10. The molecule has 0 fully saturated rings. The number of thiazole rings is 1. The van der Waals surface area contributed by atoms with Crippen LogP contribution in [0.3, 0.4) is 0 Å². The van der Waals surface area contributed by atoms with E-state index in [9.17, 15) is 4.79 Å². The van der Waals surface area contributed by atoms with Crippen molar-refractivity contribution in [3.8, 4) is 11.4 Å². The van der Waals surface area contributed by atoms with Gasteiger partial charge >= 0.3 is 0 Å². The number of aromatic nitrogens is 4. The summed E-state index contributed by atoms with van der Waals surface area (Å²) in [6.45, 7) is 7.83. The minimum Gasteiger partial charge on any atom is -0.305 e. The number of aryl methyl sites for hydroxylation is 3. The van der Waals surface area contributed by atoms with Crippen molar-refractivity contribution >= 4 is 34.1 Å². The van der Waals surface area contributed by atoms with Crippen molar-refractivity contribution in [3.63, 3.8) is 0 Å². The van der Waals surface area contributed by atoms with Gasteiger partial charge in [0.2, 0.25) is 5.91 Å². The zero-order chi connectivity index (χ0) is 18.8. The van der Waals surface area contributed by atoms with Crippen LogP contribution < -0.4 is 5.32 Å². The van der Waals surface area contributed by atoms with Crippen LogP contribution in [0.25, 0.3) is 11.4 Å². The normalized spacial score (nSPS) is 12.2. The third-order valence-corrected chi connectivity index (χ3v) is 6.25. The first kappa shape index (κ1) is 18.6. The van der Waals surface area contributed by atoms with Crippen LogP contribution in [0.4, 0.5) is 5.13 Å². The summed E-state index contributed by atoms with van der Waals surface area (Å²) in [4.78, 5) is 17.9. The van der Waals surface area contributed by atoms with E-state index in [2.05, 4.69) is 20.5 Å². The van der Waals surface area contributed by atoms with E-state index in [1.54, 1.807) is 0 Å². The molecule has 1 amide bonds. The largest absolute Gasteiger partial charge is 0.305 e. The Morgan fingerprint density at radius 3 is 2.62 bits per heavy atom. The minimum absolute atomic E-state index is 0.0933. The van der Waals surface area contributed by atoms with Crippen LogP contribution in [0.2, 0.25) is 0 Å². The van der Waals surface area contributed by atoms with Crippen LogP contribution in [0.15, 0.2) is 29.4 Å². The SMILES string of the molecule is Cc1ccccc1-c1nnc(S[C@H](C)C(=O)Nc2nc(C)c(C)s2)n1C. The van der Waals surface area contributed by atoms with Crippen molar-refractivity contribution in [1.29, 1.82) is 0 Å². The summed E-state index contributed by atoms with van der Waals surface area (Å²) in [7, 11) is 1.92. The van der Waals surface area contributed by atoms with Gasteiger partial charge in [0.15, 0.2) is 16.1 Å². The molecule has 1 N–H and O–H groups in total. The number of amides is 1. The highest BCUT2D eigenvalue weighted by Crippen LogP contribution is 2.28. The molecule has 6 nitrogen and oxygen atoms in total. The van der Waals surface area contributed by atoms with E-state index in [4.69, 9.17) is 0 Å². The van der Waals surface area contributed by atoms with Gasteiger partial charge < -0.3 is 9.88 Å². The van der Waals surface area contributed by atoms with E-state index in [0.717, 1.165) is 27.5 Å². The molecule has 3 aromatic rings. The highest BCUT2D eigenvalue weighted by Gasteiger charge is 2.21. The van der Waals surface area contributed by atoms with Crippen molar-refractivity contribution in [1.82, 2.24) is 19.7 Å². The molecule has 0 aliphatic heterocycles. The number of hydrogen-bond donors (Lipinski definition) is 1. The summed E-state index contributed by atoms with van der Waals surface area (Å²) in [5.74, 6) is 0.702. The lowest BCUT2D eigenvalue weighted by Crippen LogP contribution is -2.22. The summed E-state index contributed by atoms with van der Waals surface area (Å²) < 4.78 is 1.93. The average Bonchev–Trinajstić information content (AvgIpc) is 3.11. The highest BCUT2D eigenvalue weighted by molar-refractivity contribution is 8.00. The van der Waals surface area contributed by atoms with Gasteiger partial charge in [-0.2, -0.15) is 0 Å². The predicted molar refractivity (Wildman–Crippen MR) is 107 cm³/mol. The highest BCUT2D eigenvalue weighted by atomic mass is 32.2. The molecular weight excluding hydrogens is 366 g/mol. The molecule has 0 saturated carbocycles. The van der Waals surface area contributed by atoms with Crippen molar-refractivity contribution in [3.05, 3.63) is 40.4 Å². The molecule has 0 spiro atoms. The van der Waals surface area contributed by atoms with Gasteiger partial charge in [-0.3, -0.25) is 4.79 Å². The Morgan fingerprint density at radius 1 is 1.23 bits per heavy atom. The van der Waals surface area contributed by atoms with Gasteiger partial charge in [-0.25, -0.2) is 4.98 Å². The van der Waals surface area contributed by atoms with Crippen molar-refractivity contribution in [2.75, 3.05) is 5.32 Å². The number of rotatable bonds is 5. The molecule has 26 heavy (non-hydrogen) atoms. The molecule has 2 aromatic heterocycles. The van der Waals surface area contributed by atoms with Crippen molar-refractivity contribution in [2.24, 2.45) is 7.05 Å². The molecule has 0 aliphatic carbocycles. The number of thioether (sulfide) groups is 1. The predicted octanol–water partition coefficient (Wildman–Crippen LogP) is 3.98. The van der Waals surface area contributed by atoms with Gasteiger partial charge in [0, 0.05) is 17.5 Å². The Kier molecular flexibility index (Phi) is 5.43. The van der Waals surface area contributed by atoms with E-state index in [0.29, 0.717) is 10.3 Å². The first-order chi connectivity index (χ1) is 12.4. The summed E-state index contributed by atoms with van der Waals surface area (Å²) in [5, 5.41) is 12.5. The van der Waals surface area contributed by atoms with Crippen molar-refractivity contribution in [2.45, 2.75) is 38.1 Å². The lowest BCUT2D eigenvalue weighted by molar-refractivity contribution is -0.115. The van der Waals surface area contributed by atoms with Crippen LogP contribution in [-0.4, -0.2) is 30.9 Å². The maximum atomic E-state index is 12.5. The fourth-order valence-corrected chi connectivity index (χ4v) is 4.05. The van der Waals surface area contributed by atoms with Crippen LogP contribution in [0.5, 0.6) is 0 Å². The van der Waals surface area contributed by atoms with E-state index < -0.39 is 0 Å². The van der Waals surface area contributed by atoms with Crippen LogP contribution in [0, 0.1) is 20.8 Å². The van der Waals surface area contributed by atoms with E-state index >= 15 is 0 Å². The number of hydrogen-bond acceptors (Lipinski definition) is 6. The van der Waals surface area contributed by atoms with Crippen molar-refractivity contribution < 1.29 is 4.79 Å². The first-order valence-corrected chi connectivity index (χ1v) is 9.93. The van der Waals surface area contributed by atoms with Crippen LogP contribution in [0.1, 0.15) is 23.1 Å². The molecule has 0 bridgehead atoms. The zero-order valence-corrected chi connectivity index (χ0v) is 17.0. The lowest BCUT2D eigenvalue weighted by atomic mass is 10.1. The molecule has 3 rings (SSSR count). The molecule has 1 atom stereocenters. The second kappa shape index (κ2) is 7.59. The minimum atomic E-state index is -0.313. The van der Waals surface area contributed by atoms with Gasteiger partial charge in [0.1, 0.15) is 0 Å². The van der Waals surface area contributed by atoms with Gasteiger partial charge in [-0.05, 0) is 33.3 Å². The third-order valence-electron chi connectivity index (χ3n) is 4.13. The maximum absolute atomic E-state index is 12.5. The molecule has 0 aliphatic rings. The molecule has 8 heteroatoms. The number of nitrogens with zero attached hydrogens (tertiary/aromatic N) is 4. The first-order valence-electron chi connectivity index (χ1n) is 8.23. The Bertz CT molecular complexity index is 927. The van der Waals surface area contributed by atoms with E-state index in [1.165, 1.54) is 23.1 Å². The van der Waals surface area contributed by atoms with Gasteiger partial charge in [-0.1, -0.05) is 36.0 Å². The fourth-order valence-electron chi connectivity index (χ4n) is 2.42. The monoisotopic (exact) mass is 387 g/mol. The van der Waals surface area contributed by atoms with Gasteiger partial charge in [0.25, 0.3) is 0 Å². The second-order valence-electron chi connectivity index (χ2n) is 6.09. The number of carbonyl (C=O) groups excluding carboxylic acids is 1. The smallest absolute Gasteiger partial charge is 0.239 e. The summed E-state index contributed by atoms with van der Waals surface area (Å²) in [6.07, 6.45) is 0. The summed E-state index contributed by atoms with van der Waals surface area (Å²) in [6, 6.07) is 8.05. The summed E-state index contributed by atoms with van der Waals surface area (Å²) in [5.41, 5.74) is 3.13. The molecule has 1 aromatic carbocycles. The number of nitrogens with one attached hydrogen (secondary N) is 1. The number of carbonyl (C=O) groups is 1. The number of anilines is 1. The Hall–Kier alpha value is -2.19. The molecule has 0 unspecified atom stereocenters. The zero-order valence-electron chi connectivity index (χ0n) is 15.4.